The maximum atomic E-state index is 12.6. The second-order valence-corrected chi connectivity index (χ2v) is 7.42. The minimum absolute atomic E-state index is 0.0124. The van der Waals surface area contributed by atoms with Crippen molar-refractivity contribution in [1.29, 1.82) is 0 Å². The molecule has 0 aliphatic heterocycles. The van der Waals surface area contributed by atoms with E-state index >= 15 is 0 Å². The van der Waals surface area contributed by atoms with Crippen LogP contribution in [0.25, 0.3) is 11.3 Å². The predicted octanol–water partition coefficient (Wildman–Crippen LogP) is 5.98. The van der Waals surface area contributed by atoms with E-state index in [0.717, 1.165) is 11.1 Å². The summed E-state index contributed by atoms with van der Waals surface area (Å²) in [5, 5.41) is 4.03. The summed E-state index contributed by atoms with van der Waals surface area (Å²) in [6, 6.07) is 2.65. The van der Waals surface area contributed by atoms with Gasteiger partial charge in [0, 0.05) is 17.5 Å². The second kappa shape index (κ2) is 9.82. The Hall–Kier alpha value is -1.48. The minimum Gasteiger partial charge on any atom is -0.457 e. The molecule has 0 spiro atoms. The fraction of sp³-hybridized carbons (Fsp3) is 0.353. The lowest BCUT2D eigenvalue weighted by Crippen LogP contribution is -2.13. The summed E-state index contributed by atoms with van der Waals surface area (Å²) in [5.74, 6) is -1.05. The van der Waals surface area contributed by atoms with Gasteiger partial charge in [-0.05, 0) is 18.6 Å². The standard InChI is InChI=1S/C17H15Cl3F2N2O3S/c1-3-4-8(28)7-26-16(25)10-5-9(11(18)6-12(10)19)14-13(20)15(24(2)23-14)27-17(21)22/h5-6,17H,3-4,7H2,1-2H3. The summed E-state index contributed by atoms with van der Waals surface area (Å²) in [6.07, 6.45) is 1.49. The Morgan fingerprint density at radius 1 is 1.29 bits per heavy atom. The van der Waals surface area contributed by atoms with Crippen LogP contribution in [0.15, 0.2) is 12.1 Å². The monoisotopic (exact) mass is 470 g/mol. The Bertz CT molecular complexity index is 906. The number of nitrogens with zero attached hydrogens (tertiary/aromatic N) is 2. The van der Waals surface area contributed by atoms with Crippen LogP contribution >= 0.6 is 47.0 Å². The molecule has 0 unspecified atom stereocenters. The van der Waals surface area contributed by atoms with Crippen LogP contribution in [-0.2, 0) is 11.8 Å². The van der Waals surface area contributed by atoms with Crippen molar-refractivity contribution >= 4 is 57.9 Å². The van der Waals surface area contributed by atoms with Crippen LogP contribution in [0.4, 0.5) is 8.78 Å². The zero-order valence-corrected chi connectivity index (χ0v) is 17.9. The Labute approximate surface area is 180 Å². The number of benzene rings is 1. The highest BCUT2D eigenvalue weighted by molar-refractivity contribution is 7.80. The Morgan fingerprint density at radius 2 is 1.96 bits per heavy atom. The largest absolute Gasteiger partial charge is 0.457 e. The van der Waals surface area contributed by atoms with Gasteiger partial charge in [0.2, 0.25) is 5.88 Å². The number of ether oxygens (including phenoxy) is 2. The molecular weight excluding hydrogens is 457 g/mol. The number of alkyl halides is 2. The molecule has 28 heavy (non-hydrogen) atoms. The molecular formula is C17H15Cl3F2N2O3S. The van der Waals surface area contributed by atoms with Gasteiger partial charge in [-0.2, -0.15) is 13.9 Å². The van der Waals surface area contributed by atoms with E-state index in [9.17, 15) is 13.6 Å². The van der Waals surface area contributed by atoms with Crippen molar-refractivity contribution < 1.29 is 23.0 Å². The highest BCUT2D eigenvalue weighted by Crippen LogP contribution is 2.40. The lowest BCUT2D eigenvalue weighted by molar-refractivity contribution is -0.0552. The fourth-order valence-electron chi connectivity index (χ4n) is 2.33. The van der Waals surface area contributed by atoms with Gasteiger partial charge in [0.25, 0.3) is 0 Å². The normalized spacial score (nSPS) is 11.0. The van der Waals surface area contributed by atoms with Crippen molar-refractivity contribution in [3.63, 3.8) is 0 Å². The molecule has 0 atom stereocenters. The van der Waals surface area contributed by atoms with E-state index in [2.05, 4.69) is 9.84 Å². The number of rotatable bonds is 8. The Kier molecular flexibility index (Phi) is 8.00. The molecule has 0 saturated carbocycles. The van der Waals surface area contributed by atoms with Crippen molar-refractivity contribution in [1.82, 2.24) is 9.78 Å². The number of hydrogen-bond acceptors (Lipinski definition) is 5. The molecule has 11 heteroatoms. The molecule has 1 aromatic heterocycles. The third kappa shape index (κ3) is 5.31. The molecule has 0 saturated heterocycles. The van der Waals surface area contributed by atoms with Crippen molar-refractivity contribution in [2.45, 2.75) is 26.4 Å². The van der Waals surface area contributed by atoms with E-state index in [0.29, 0.717) is 11.3 Å². The van der Waals surface area contributed by atoms with Crippen LogP contribution in [0.1, 0.15) is 30.1 Å². The summed E-state index contributed by atoms with van der Waals surface area (Å²) in [4.78, 5) is 13.0. The Morgan fingerprint density at radius 3 is 2.57 bits per heavy atom. The van der Waals surface area contributed by atoms with Crippen LogP contribution in [0.2, 0.25) is 15.1 Å². The van der Waals surface area contributed by atoms with Crippen molar-refractivity contribution in [2.24, 2.45) is 7.05 Å². The Balaban J connectivity index is 2.39. The number of aryl methyl sites for hydroxylation is 1. The molecule has 0 N–H and O–H groups in total. The first kappa shape index (κ1) is 22.8. The maximum Gasteiger partial charge on any atom is 0.388 e. The summed E-state index contributed by atoms with van der Waals surface area (Å²) in [6.45, 7) is -1.15. The number of esters is 1. The van der Waals surface area contributed by atoms with Gasteiger partial charge in [-0.15, -0.1) is 0 Å². The average molecular weight is 472 g/mol. The lowest BCUT2D eigenvalue weighted by Gasteiger charge is -2.10. The van der Waals surface area contributed by atoms with Crippen LogP contribution < -0.4 is 4.74 Å². The van der Waals surface area contributed by atoms with Gasteiger partial charge in [-0.3, -0.25) is 0 Å². The molecule has 2 rings (SSSR count). The van der Waals surface area contributed by atoms with Crippen LogP contribution in [0.5, 0.6) is 5.88 Å². The number of carbonyl (C=O) groups excluding carboxylic acids is 1. The molecule has 1 heterocycles. The minimum atomic E-state index is -3.08. The molecule has 152 valence electrons. The summed E-state index contributed by atoms with van der Waals surface area (Å²) in [5.41, 5.74) is 0.273. The first-order valence-corrected chi connectivity index (χ1v) is 9.55. The van der Waals surface area contributed by atoms with Crippen molar-refractivity contribution in [2.75, 3.05) is 6.61 Å². The van der Waals surface area contributed by atoms with Crippen LogP contribution in [0, 0.1) is 0 Å². The molecule has 0 aliphatic rings. The van der Waals surface area contributed by atoms with Crippen molar-refractivity contribution in [3.05, 3.63) is 32.8 Å². The first-order chi connectivity index (χ1) is 13.1. The topological polar surface area (TPSA) is 53.3 Å². The first-order valence-electron chi connectivity index (χ1n) is 8.01. The van der Waals surface area contributed by atoms with E-state index in [-0.39, 0.29) is 44.4 Å². The summed E-state index contributed by atoms with van der Waals surface area (Å²) in [7, 11) is 1.38. The number of hydrogen-bond donors (Lipinski definition) is 0. The van der Waals surface area contributed by atoms with E-state index in [4.69, 9.17) is 51.8 Å². The smallest absolute Gasteiger partial charge is 0.388 e. The zero-order chi connectivity index (χ0) is 21.0. The van der Waals surface area contributed by atoms with E-state index in [1.807, 2.05) is 6.92 Å². The van der Waals surface area contributed by atoms with Gasteiger partial charge in [0.1, 0.15) is 17.3 Å². The number of carbonyl (C=O) groups is 1. The molecule has 0 bridgehead atoms. The third-order valence-corrected chi connectivity index (χ3v) is 4.85. The SMILES string of the molecule is CCCC(=S)COC(=O)c1cc(-c2nn(C)c(OC(F)F)c2Cl)c(Cl)cc1Cl. The quantitative estimate of drug-likeness (QED) is 0.350. The third-order valence-electron chi connectivity index (χ3n) is 3.57. The van der Waals surface area contributed by atoms with Gasteiger partial charge < -0.3 is 9.47 Å². The molecule has 1 aromatic carbocycles. The maximum absolute atomic E-state index is 12.6. The average Bonchev–Trinajstić information content (AvgIpc) is 2.88. The molecule has 0 amide bonds. The highest BCUT2D eigenvalue weighted by atomic mass is 35.5. The van der Waals surface area contributed by atoms with Gasteiger partial charge in [0.15, 0.2) is 0 Å². The van der Waals surface area contributed by atoms with Crippen LogP contribution in [0.3, 0.4) is 0 Å². The fourth-order valence-corrected chi connectivity index (χ4v) is 3.45. The van der Waals surface area contributed by atoms with Gasteiger partial charge >= 0.3 is 12.6 Å². The van der Waals surface area contributed by atoms with Gasteiger partial charge in [0.05, 0.1) is 15.6 Å². The zero-order valence-electron chi connectivity index (χ0n) is 14.8. The van der Waals surface area contributed by atoms with Crippen LogP contribution in [-0.4, -0.2) is 33.8 Å². The molecule has 0 fully saturated rings. The summed E-state index contributed by atoms with van der Waals surface area (Å²) >= 11 is 23.5. The summed E-state index contributed by atoms with van der Waals surface area (Å²) < 4.78 is 35.7. The predicted molar refractivity (Wildman–Crippen MR) is 108 cm³/mol. The molecule has 0 radical (unpaired) electrons. The molecule has 0 aliphatic carbocycles. The lowest BCUT2D eigenvalue weighted by atomic mass is 10.1. The number of aromatic nitrogens is 2. The highest BCUT2D eigenvalue weighted by Gasteiger charge is 2.24. The van der Waals surface area contributed by atoms with Gasteiger partial charge in [-0.25, -0.2) is 9.48 Å². The van der Waals surface area contributed by atoms with Crippen molar-refractivity contribution in [3.8, 4) is 17.1 Å². The van der Waals surface area contributed by atoms with E-state index in [1.165, 1.54) is 19.2 Å². The number of thiocarbonyl (C=S) groups is 1. The molecule has 5 nitrogen and oxygen atoms in total. The van der Waals surface area contributed by atoms with E-state index in [1.54, 1.807) is 0 Å². The second-order valence-electron chi connectivity index (χ2n) is 5.65. The van der Waals surface area contributed by atoms with E-state index < -0.39 is 12.6 Å². The molecule has 2 aromatic rings. The number of halogens is 5. The van der Waals surface area contributed by atoms with Gasteiger partial charge in [-0.1, -0.05) is 60.4 Å².